The van der Waals surface area contributed by atoms with Gasteiger partial charge in [0.25, 0.3) is 0 Å². The van der Waals surface area contributed by atoms with Gasteiger partial charge in [0.2, 0.25) is 0 Å². The molecule has 1 N–H and O–H groups in total. The lowest BCUT2D eigenvalue weighted by atomic mass is 10.3. The van der Waals surface area contributed by atoms with E-state index in [1.165, 1.54) is 0 Å². The van der Waals surface area contributed by atoms with E-state index in [1.807, 2.05) is 19.1 Å². The highest BCUT2D eigenvalue weighted by atomic mass is 16.5. The van der Waals surface area contributed by atoms with Gasteiger partial charge in [-0.1, -0.05) is 0 Å². The summed E-state index contributed by atoms with van der Waals surface area (Å²) in [6.45, 7) is 4.56. The number of carbonyl (C=O) groups excluding carboxylic acids is 1. The summed E-state index contributed by atoms with van der Waals surface area (Å²) < 4.78 is 20.9. The first-order valence-corrected chi connectivity index (χ1v) is 7.57. The molecule has 1 aromatic rings. The van der Waals surface area contributed by atoms with Crippen LogP contribution in [-0.2, 0) is 9.47 Å². The van der Waals surface area contributed by atoms with Gasteiger partial charge in [0.15, 0.2) is 6.73 Å². The lowest BCUT2D eigenvalue weighted by Crippen LogP contribution is -2.44. The van der Waals surface area contributed by atoms with Crippen LogP contribution >= 0.6 is 0 Å². The first-order chi connectivity index (χ1) is 11.2. The van der Waals surface area contributed by atoms with E-state index in [0.717, 1.165) is 5.75 Å². The number of nitrogens with zero attached hydrogens (tertiary/aromatic N) is 1. The van der Waals surface area contributed by atoms with Gasteiger partial charge in [-0.2, -0.15) is 0 Å². The molecule has 0 radical (unpaired) electrons. The summed E-state index contributed by atoms with van der Waals surface area (Å²) in [5.74, 6) is 1.45. The van der Waals surface area contributed by atoms with Crippen molar-refractivity contribution >= 4 is 6.03 Å². The Morgan fingerprint density at radius 2 is 1.52 bits per heavy atom. The van der Waals surface area contributed by atoms with Crippen molar-refractivity contribution in [1.29, 1.82) is 0 Å². The van der Waals surface area contributed by atoms with E-state index >= 15 is 0 Å². The summed E-state index contributed by atoms with van der Waals surface area (Å²) in [6, 6.07) is 7.02. The van der Waals surface area contributed by atoms with Crippen molar-refractivity contribution in [2.24, 2.45) is 0 Å². The predicted molar refractivity (Wildman–Crippen MR) is 87.0 cm³/mol. The number of rotatable bonds is 11. The molecule has 2 amide bonds. The Balaban J connectivity index is 2.37. The Labute approximate surface area is 137 Å². The van der Waals surface area contributed by atoms with E-state index in [9.17, 15) is 4.79 Å². The van der Waals surface area contributed by atoms with Crippen molar-refractivity contribution in [3.63, 3.8) is 0 Å². The Hall–Kier alpha value is -1.99. The van der Waals surface area contributed by atoms with Crippen LogP contribution in [-0.4, -0.2) is 64.8 Å². The molecule has 0 fully saturated rings. The van der Waals surface area contributed by atoms with Crippen LogP contribution in [0.3, 0.4) is 0 Å². The number of hydrogen-bond donors (Lipinski definition) is 1. The zero-order chi connectivity index (χ0) is 16.9. The minimum atomic E-state index is -0.218. The van der Waals surface area contributed by atoms with Gasteiger partial charge in [-0.3, -0.25) is 0 Å². The number of hydrogen-bond acceptors (Lipinski definition) is 5. The average molecular weight is 326 g/mol. The number of methoxy groups -OCH3 is 2. The van der Waals surface area contributed by atoms with Crippen molar-refractivity contribution in [1.82, 2.24) is 10.2 Å². The minimum Gasteiger partial charge on any atom is -0.494 e. The maximum atomic E-state index is 12.1. The van der Waals surface area contributed by atoms with Gasteiger partial charge in [-0.25, -0.2) is 4.79 Å². The molecule has 0 saturated heterocycles. The minimum absolute atomic E-state index is 0.0866. The Bertz CT molecular complexity index is 431. The van der Waals surface area contributed by atoms with Gasteiger partial charge in [-0.05, 0) is 31.2 Å². The highest BCUT2D eigenvalue weighted by Gasteiger charge is 2.12. The molecule has 0 aromatic heterocycles. The topological polar surface area (TPSA) is 69.3 Å². The summed E-state index contributed by atoms with van der Waals surface area (Å²) >= 11 is 0. The summed E-state index contributed by atoms with van der Waals surface area (Å²) in [5, 5.41) is 2.71. The highest BCUT2D eigenvalue weighted by Crippen LogP contribution is 2.17. The monoisotopic (exact) mass is 326 g/mol. The molecular formula is C16H26N2O5. The van der Waals surface area contributed by atoms with Crippen LogP contribution in [0.5, 0.6) is 11.5 Å². The second kappa shape index (κ2) is 11.6. The number of nitrogens with one attached hydrogen (secondary N) is 1. The molecule has 7 nitrogen and oxygen atoms in total. The molecule has 0 spiro atoms. The molecule has 130 valence electrons. The van der Waals surface area contributed by atoms with E-state index < -0.39 is 0 Å². The quantitative estimate of drug-likeness (QED) is 0.627. The van der Waals surface area contributed by atoms with E-state index in [-0.39, 0.29) is 12.8 Å². The third-order valence-electron chi connectivity index (χ3n) is 3.01. The fourth-order valence-electron chi connectivity index (χ4n) is 1.81. The van der Waals surface area contributed by atoms with E-state index in [4.69, 9.17) is 18.9 Å². The van der Waals surface area contributed by atoms with Crippen molar-refractivity contribution < 1.29 is 23.7 Å². The zero-order valence-corrected chi connectivity index (χ0v) is 14.0. The molecule has 0 aliphatic carbocycles. The first kappa shape index (κ1) is 19.1. The second-order valence-electron chi connectivity index (χ2n) is 4.65. The molecule has 1 rings (SSSR count). The number of carbonyl (C=O) groups is 1. The molecule has 0 bridgehead atoms. The van der Waals surface area contributed by atoms with Crippen LogP contribution < -0.4 is 14.8 Å². The highest BCUT2D eigenvalue weighted by molar-refractivity contribution is 5.74. The molecule has 0 aliphatic rings. The lowest BCUT2D eigenvalue weighted by molar-refractivity contribution is 0.119. The van der Waals surface area contributed by atoms with E-state index in [1.54, 1.807) is 31.3 Å². The van der Waals surface area contributed by atoms with Crippen molar-refractivity contribution in [2.45, 2.75) is 6.92 Å². The number of benzene rings is 1. The van der Waals surface area contributed by atoms with Crippen LogP contribution in [0.2, 0.25) is 0 Å². The third kappa shape index (κ3) is 7.71. The van der Waals surface area contributed by atoms with Gasteiger partial charge in [-0.15, -0.1) is 0 Å². The third-order valence-corrected chi connectivity index (χ3v) is 3.01. The van der Waals surface area contributed by atoms with Gasteiger partial charge in [0, 0.05) is 27.3 Å². The molecule has 0 atom stereocenters. The molecule has 0 saturated carbocycles. The molecule has 0 heterocycles. The summed E-state index contributed by atoms with van der Waals surface area (Å²) in [5.41, 5.74) is 0. The molecule has 1 aromatic carbocycles. The lowest BCUT2D eigenvalue weighted by Gasteiger charge is -2.22. The van der Waals surface area contributed by atoms with Crippen molar-refractivity contribution in [3.05, 3.63) is 24.3 Å². The van der Waals surface area contributed by atoms with Crippen LogP contribution in [0.15, 0.2) is 24.3 Å². The second-order valence-corrected chi connectivity index (χ2v) is 4.65. The van der Waals surface area contributed by atoms with E-state index in [2.05, 4.69) is 5.32 Å². The number of amides is 2. The van der Waals surface area contributed by atoms with Gasteiger partial charge in [0.05, 0.1) is 19.8 Å². The SMILES string of the molecule is CCOc1ccc(OCNC(=O)N(CCOC)CCOC)cc1. The summed E-state index contributed by atoms with van der Waals surface area (Å²) in [7, 11) is 3.20. The summed E-state index contributed by atoms with van der Waals surface area (Å²) in [6.07, 6.45) is 0. The fraction of sp³-hybridized carbons (Fsp3) is 0.562. The molecule has 0 unspecified atom stereocenters. The Kier molecular flexibility index (Phi) is 9.58. The largest absolute Gasteiger partial charge is 0.494 e. The van der Waals surface area contributed by atoms with Gasteiger partial charge >= 0.3 is 6.03 Å². The zero-order valence-electron chi connectivity index (χ0n) is 14.0. The Morgan fingerprint density at radius 3 is 2.00 bits per heavy atom. The van der Waals surface area contributed by atoms with Crippen molar-refractivity contribution in [2.75, 3.05) is 53.9 Å². The normalized spacial score (nSPS) is 10.2. The molecule has 0 aliphatic heterocycles. The van der Waals surface area contributed by atoms with Crippen LogP contribution in [0, 0.1) is 0 Å². The first-order valence-electron chi connectivity index (χ1n) is 7.57. The number of urea groups is 1. The van der Waals surface area contributed by atoms with Gasteiger partial charge in [0.1, 0.15) is 11.5 Å². The van der Waals surface area contributed by atoms with Crippen LogP contribution in [0.1, 0.15) is 6.92 Å². The number of ether oxygens (including phenoxy) is 4. The fourth-order valence-corrected chi connectivity index (χ4v) is 1.81. The predicted octanol–water partition coefficient (Wildman–Crippen LogP) is 1.73. The maximum absolute atomic E-state index is 12.1. The van der Waals surface area contributed by atoms with Crippen LogP contribution in [0.25, 0.3) is 0 Å². The van der Waals surface area contributed by atoms with E-state index in [0.29, 0.717) is 38.7 Å². The van der Waals surface area contributed by atoms with Crippen LogP contribution in [0.4, 0.5) is 4.79 Å². The standard InChI is InChI=1S/C16H26N2O5/c1-4-22-14-5-7-15(8-6-14)23-13-17-16(19)18(9-11-20-2)10-12-21-3/h5-8H,4,9-13H2,1-3H3,(H,17,19). The van der Waals surface area contributed by atoms with Crippen molar-refractivity contribution in [3.8, 4) is 11.5 Å². The van der Waals surface area contributed by atoms with Gasteiger partial charge < -0.3 is 29.2 Å². The molecule has 23 heavy (non-hydrogen) atoms. The smallest absolute Gasteiger partial charge is 0.320 e. The molecule has 7 heteroatoms. The molecular weight excluding hydrogens is 300 g/mol. The summed E-state index contributed by atoms with van der Waals surface area (Å²) in [4.78, 5) is 13.7. The average Bonchev–Trinajstić information content (AvgIpc) is 2.57. The maximum Gasteiger partial charge on any atom is 0.320 e. The Morgan fingerprint density at radius 1 is 1.00 bits per heavy atom.